The summed E-state index contributed by atoms with van der Waals surface area (Å²) >= 11 is 0. The highest BCUT2D eigenvalue weighted by atomic mass is 16.3. The van der Waals surface area contributed by atoms with Gasteiger partial charge in [0.2, 0.25) is 0 Å². The molecule has 1 saturated carbocycles. The maximum Gasteiger partial charge on any atom is 0.0791 e. The number of nitrogens with zero attached hydrogens (tertiary/aromatic N) is 1. The molecule has 0 radical (unpaired) electrons. The molecule has 23 heavy (non-hydrogen) atoms. The van der Waals surface area contributed by atoms with Crippen LogP contribution in [0.2, 0.25) is 0 Å². The maximum absolute atomic E-state index is 10.0. The third-order valence-electron chi connectivity index (χ3n) is 7.37. The predicted molar refractivity (Wildman–Crippen MR) is 93.5 cm³/mol. The van der Waals surface area contributed by atoms with E-state index < -0.39 is 0 Å². The molecule has 0 bridgehead atoms. The molecule has 3 aliphatic rings. The van der Waals surface area contributed by atoms with Gasteiger partial charge in [-0.3, -0.25) is 0 Å². The molecule has 2 nitrogen and oxygen atoms in total. The van der Waals surface area contributed by atoms with E-state index in [9.17, 15) is 10.4 Å². The molecular formula is C21H31NO. The minimum Gasteiger partial charge on any atom is -0.392 e. The molecule has 3 aliphatic carbocycles. The summed E-state index contributed by atoms with van der Waals surface area (Å²) in [4.78, 5) is 0. The summed E-state index contributed by atoms with van der Waals surface area (Å²) in [5, 5.41) is 19.7. The van der Waals surface area contributed by atoms with Crippen molar-refractivity contribution in [1.82, 2.24) is 0 Å². The number of nitriles is 1. The van der Waals surface area contributed by atoms with Gasteiger partial charge >= 0.3 is 0 Å². The fraction of sp³-hybridized carbons (Fsp3) is 0.762. The van der Waals surface area contributed by atoms with Crippen molar-refractivity contribution in [2.24, 2.45) is 28.6 Å². The van der Waals surface area contributed by atoms with Gasteiger partial charge < -0.3 is 5.11 Å². The molecular weight excluding hydrogens is 282 g/mol. The van der Waals surface area contributed by atoms with Crippen molar-refractivity contribution in [3.8, 4) is 6.07 Å². The Hall–Kier alpha value is -1.07. The van der Waals surface area contributed by atoms with E-state index in [1.54, 1.807) is 5.57 Å². The first-order valence-corrected chi connectivity index (χ1v) is 9.31. The Balaban J connectivity index is 2.13. The SMILES string of the molecule is CC(C)C1=C2[C@H]3CC=C(CO)CC(C)[C@]3(C)CC[C@@]2(C#N)CC1. The zero-order valence-corrected chi connectivity index (χ0v) is 15.2. The van der Waals surface area contributed by atoms with Gasteiger partial charge in [0.25, 0.3) is 0 Å². The van der Waals surface area contributed by atoms with Crippen LogP contribution in [0.25, 0.3) is 0 Å². The third-order valence-corrected chi connectivity index (χ3v) is 7.37. The number of rotatable bonds is 2. The van der Waals surface area contributed by atoms with Gasteiger partial charge in [0, 0.05) is 0 Å². The molecule has 0 aromatic carbocycles. The molecule has 0 aliphatic heterocycles. The van der Waals surface area contributed by atoms with Crippen molar-refractivity contribution in [3.63, 3.8) is 0 Å². The van der Waals surface area contributed by atoms with Crippen molar-refractivity contribution in [1.29, 1.82) is 5.26 Å². The Kier molecular flexibility index (Phi) is 4.21. The molecule has 0 aromatic rings. The van der Waals surface area contributed by atoms with Crippen LogP contribution in [0.3, 0.4) is 0 Å². The van der Waals surface area contributed by atoms with E-state index in [1.807, 2.05) is 0 Å². The number of fused-ring (bicyclic) bond motifs is 3. The van der Waals surface area contributed by atoms with Gasteiger partial charge in [-0.2, -0.15) is 5.26 Å². The first-order chi connectivity index (χ1) is 10.9. The van der Waals surface area contributed by atoms with Gasteiger partial charge in [-0.05, 0) is 72.8 Å². The zero-order valence-electron chi connectivity index (χ0n) is 15.2. The molecule has 1 N–H and O–H groups in total. The smallest absolute Gasteiger partial charge is 0.0791 e. The second-order valence-corrected chi connectivity index (χ2v) is 8.71. The Morgan fingerprint density at radius 2 is 2.09 bits per heavy atom. The normalized spacial score (nSPS) is 40.3. The lowest BCUT2D eigenvalue weighted by Crippen LogP contribution is -2.43. The van der Waals surface area contributed by atoms with Crippen LogP contribution in [-0.2, 0) is 0 Å². The third kappa shape index (κ3) is 2.40. The molecule has 3 rings (SSSR count). The van der Waals surface area contributed by atoms with Crippen LogP contribution in [-0.4, -0.2) is 11.7 Å². The predicted octanol–water partition coefficient (Wildman–Crippen LogP) is 5.01. The molecule has 1 fully saturated rings. The number of aliphatic hydroxyl groups is 1. The topological polar surface area (TPSA) is 44.0 Å². The first-order valence-electron chi connectivity index (χ1n) is 9.31. The number of allylic oxidation sites excluding steroid dienone is 3. The first kappa shape index (κ1) is 16.8. The van der Waals surface area contributed by atoms with Crippen molar-refractivity contribution >= 4 is 0 Å². The zero-order chi connectivity index (χ0) is 16.8. The van der Waals surface area contributed by atoms with Crippen LogP contribution in [0.5, 0.6) is 0 Å². The Labute approximate surface area is 141 Å². The molecule has 0 heterocycles. The van der Waals surface area contributed by atoms with E-state index in [0.29, 0.717) is 17.8 Å². The molecule has 0 aromatic heterocycles. The summed E-state index contributed by atoms with van der Waals surface area (Å²) in [6.07, 6.45) is 8.61. The fourth-order valence-electron chi connectivity index (χ4n) is 5.60. The molecule has 126 valence electrons. The summed E-state index contributed by atoms with van der Waals surface area (Å²) < 4.78 is 0. The largest absolute Gasteiger partial charge is 0.392 e. The van der Waals surface area contributed by atoms with E-state index in [-0.39, 0.29) is 17.4 Å². The van der Waals surface area contributed by atoms with Gasteiger partial charge in [0.15, 0.2) is 0 Å². The lowest BCUT2D eigenvalue weighted by atomic mass is 9.52. The second kappa shape index (κ2) is 5.78. The van der Waals surface area contributed by atoms with Crippen LogP contribution in [0, 0.1) is 39.9 Å². The van der Waals surface area contributed by atoms with Gasteiger partial charge in [-0.1, -0.05) is 39.3 Å². The number of hydrogen-bond acceptors (Lipinski definition) is 2. The van der Waals surface area contributed by atoms with Crippen molar-refractivity contribution < 1.29 is 5.11 Å². The summed E-state index contributed by atoms with van der Waals surface area (Å²) in [6, 6.07) is 2.75. The van der Waals surface area contributed by atoms with E-state index in [1.165, 1.54) is 11.1 Å². The highest BCUT2D eigenvalue weighted by Gasteiger charge is 2.55. The summed E-state index contributed by atoms with van der Waals surface area (Å²) in [6.45, 7) is 9.56. The molecule has 0 saturated heterocycles. The van der Waals surface area contributed by atoms with Gasteiger partial charge in [-0.15, -0.1) is 0 Å². The average molecular weight is 313 g/mol. The van der Waals surface area contributed by atoms with Crippen molar-refractivity contribution in [2.45, 2.75) is 66.2 Å². The van der Waals surface area contributed by atoms with E-state index >= 15 is 0 Å². The quantitative estimate of drug-likeness (QED) is 0.728. The van der Waals surface area contributed by atoms with Gasteiger partial charge in [0.1, 0.15) is 0 Å². The van der Waals surface area contributed by atoms with Crippen LogP contribution in [0.15, 0.2) is 22.8 Å². The lowest BCUT2D eigenvalue weighted by molar-refractivity contribution is 0.0601. The molecule has 2 heteroatoms. The molecule has 4 atom stereocenters. The van der Waals surface area contributed by atoms with E-state index in [2.05, 4.69) is 39.8 Å². The summed E-state index contributed by atoms with van der Waals surface area (Å²) in [5.41, 5.74) is 4.33. The second-order valence-electron chi connectivity index (χ2n) is 8.71. The number of aliphatic hydroxyl groups excluding tert-OH is 1. The Morgan fingerprint density at radius 1 is 1.35 bits per heavy atom. The van der Waals surface area contributed by atoms with E-state index in [0.717, 1.165) is 38.5 Å². The van der Waals surface area contributed by atoms with E-state index in [4.69, 9.17) is 0 Å². The molecule has 1 unspecified atom stereocenters. The van der Waals surface area contributed by atoms with Gasteiger partial charge in [-0.25, -0.2) is 0 Å². The monoisotopic (exact) mass is 313 g/mol. The highest BCUT2D eigenvalue weighted by molar-refractivity contribution is 5.41. The van der Waals surface area contributed by atoms with Gasteiger partial charge in [0.05, 0.1) is 18.1 Å². The fourth-order valence-corrected chi connectivity index (χ4v) is 5.60. The average Bonchev–Trinajstić information content (AvgIpc) is 2.87. The van der Waals surface area contributed by atoms with Crippen LogP contribution in [0.1, 0.15) is 66.2 Å². The van der Waals surface area contributed by atoms with Crippen LogP contribution in [0.4, 0.5) is 0 Å². The molecule has 0 spiro atoms. The Morgan fingerprint density at radius 3 is 2.70 bits per heavy atom. The van der Waals surface area contributed by atoms with Crippen LogP contribution < -0.4 is 0 Å². The number of hydrogen-bond donors (Lipinski definition) is 1. The standard InChI is InChI=1S/C21H31NO/c1-14(2)17-7-8-21(13-22)10-9-20(4)15(3)11-16(12-23)5-6-18(20)19(17)21/h5,14-15,18,23H,6-12H2,1-4H3/t15?,18-,20+,21-/m1/s1. The summed E-state index contributed by atoms with van der Waals surface area (Å²) in [5.74, 6) is 1.59. The maximum atomic E-state index is 10.0. The van der Waals surface area contributed by atoms with Crippen LogP contribution >= 0.6 is 0 Å². The highest BCUT2D eigenvalue weighted by Crippen LogP contribution is 2.64. The minimum atomic E-state index is -0.193. The van der Waals surface area contributed by atoms with Crippen molar-refractivity contribution in [2.75, 3.05) is 6.61 Å². The van der Waals surface area contributed by atoms with Crippen molar-refractivity contribution in [3.05, 3.63) is 22.8 Å². The molecule has 0 amide bonds. The lowest BCUT2D eigenvalue weighted by Gasteiger charge is -2.51. The minimum absolute atomic E-state index is 0.187. The Bertz CT molecular complexity index is 593. The summed E-state index contributed by atoms with van der Waals surface area (Å²) in [7, 11) is 0.